The summed E-state index contributed by atoms with van der Waals surface area (Å²) in [4.78, 5) is 2.31. The van der Waals surface area contributed by atoms with Gasteiger partial charge in [-0.25, -0.2) is 0 Å². The summed E-state index contributed by atoms with van der Waals surface area (Å²) in [5.74, 6) is 0.795. The van der Waals surface area contributed by atoms with E-state index >= 15 is 0 Å². The number of nitriles is 1. The molecule has 1 aromatic carbocycles. The second-order valence-electron chi connectivity index (χ2n) is 4.55. The quantitative estimate of drug-likeness (QED) is 0.905. The number of benzene rings is 1. The van der Waals surface area contributed by atoms with Crippen LogP contribution < -0.4 is 10.1 Å². The van der Waals surface area contributed by atoms with E-state index in [4.69, 9.17) is 21.6 Å². The Kier molecular flexibility index (Phi) is 9.76. The lowest BCUT2D eigenvalue weighted by Crippen LogP contribution is -2.45. The normalized spacial score (nSPS) is 16.0. The van der Waals surface area contributed by atoms with E-state index in [1.54, 1.807) is 7.11 Å². The summed E-state index contributed by atoms with van der Waals surface area (Å²) >= 11 is 6.09. The van der Waals surface area contributed by atoms with Crippen molar-refractivity contribution in [1.29, 1.82) is 5.26 Å². The third-order valence-electron chi connectivity index (χ3n) is 3.43. The van der Waals surface area contributed by atoms with Crippen molar-refractivity contribution >= 4 is 36.4 Å². The van der Waals surface area contributed by atoms with Crippen molar-refractivity contribution in [2.45, 2.75) is 12.5 Å². The highest BCUT2D eigenvalue weighted by molar-refractivity contribution is 6.30. The molecule has 0 aromatic heterocycles. The van der Waals surface area contributed by atoms with Crippen molar-refractivity contribution in [2.24, 2.45) is 0 Å². The van der Waals surface area contributed by atoms with Gasteiger partial charge < -0.3 is 10.1 Å². The molecule has 0 spiro atoms. The summed E-state index contributed by atoms with van der Waals surface area (Å²) in [5.41, 5.74) is 0.999. The summed E-state index contributed by atoms with van der Waals surface area (Å²) in [6, 6.07) is 7.90. The van der Waals surface area contributed by atoms with E-state index in [-0.39, 0.29) is 30.9 Å². The van der Waals surface area contributed by atoms with E-state index in [1.165, 1.54) is 0 Å². The molecule has 1 saturated heterocycles. The van der Waals surface area contributed by atoms with Crippen LogP contribution in [0.15, 0.2) is 18.2 Å². The zero-order valence-electron chi connectivity index (χ0n) is 11.8. The van der Waals surface area contributed by atoms with Crippen LogP contribution in [0.2, 0.25) is 5.02 Å². The standard InChI is InChI=1S/C14H18ClN3O.2ClH/c1-19-14-3-2-11(15)10-12(14)13(4-5-16)18-8-6-17-7-9-18;;/h2-3,10,13,17H,4,6-9H2,1H3;2*1H/t13-;;/m1../s1. The molecule has 1 heterocycles. The van der Waals surface area contributed by atoms with Gasteiger partial charge >= 0.3 is 0 Å². The van der Waals surface area contributed by atoms with Crippen molar-refractivity contribution in [2.75, 3.05) is 33.3 Å². The molecule has 118 valence electrons. The van der Waals surface area contributed by atoms with E-state index in [0.29, 0.717) is 11.4 Å². The van der Waals surface area contributed by atoms with Gasteiger partial charge in [0.2, 0.25) is 0 Å². The zero-order valence-corrected chi connectivity index (χ0v) is 14.2. The summed E-state index contributed by atoms with van der Waals surface area (Å²) in [6.07, 6.45) is 0.441. The zero-order chi connectivity index (χ0) is 13.7. The number of rotatable bonds is 4. The number of hydrogen-bond donors (Lipinski definition) is 1. The number of ether oxygens (including phenoxy) is 1. The van der Waals surface area contributed by atoms with E-state index in [9.17, 15) is 0 Å². The van der Waals surface area contributed by atoms with E-state index in [2.05, 4.69) is 16.3 Å². The van der Waals surface area contributed by atoms with Gasteiger partial charge in [-0.3, -0.25) is 4.90 Å². The minimum absolute atomic E-state index is 0. The first-order valence-electron chi connectivity index (χ1n) is 6.41. The maximum Gasteiger partial charge on any atom is 0.123 e. The first kappa shape index (κ1) is 20.3. The van der Waals surface area contributed by atoms with Crippen LogP contribution >= 0.6 is 36.4 Å². The molecule has 7 heteroatoms. The van der Waals surface area contributed by atoms with Gasteiger partial charge in [0, 0.05) is 36.8 Å². The van der Waals surface area contributed by atoms with Gasteiger partial charge in [0.05, 0.1) is 25.6 Å². The molecule has 0 amide bonds. The highest BCUT2D eigenvalue weighted by Gasteiger charge is 2.24. The van der Waals surface area contributed by atoms with Crippen LogP contribution in [0.1, 0.15) is 18.0 Å². The molecular weight excluding hydrogens is 333 g/mol. The SMILES string of the molecule is COc1ccc(Cl)cc1[C@@H](CC#N)N1CCNCC1.Cl.Cl. The Morgan fingerprint density at radius 3 is 2.62 bits per heavy atom. The van der Waals surface area contributed by atoms with Crippen molar-refractivity contribution in [1.82, 2.24) is 10.2 Å². The molecule has 1 aliphatic rings. The van der Waals surface area contributed by atoms with Crippen LogP contribution in [0.4, 0.5) is 0 Å². The van der Waals surface area contributed by atoms with Gasteiger partial charge in [0.1, 0.15) is 5.75 Å². The monoisotopic (exact) mass is 351 g/mol. The molecule has 0 radical (unpaired) electrons. The van der Waals surface area contributed by atoms with Crippen LogP contribution in [0.25, 0.3) is 0 Å². The maximum absolute atomic E-state index is 9.10. The molecule has 1 fully saturated rings. The highest BCUT2D eigenvalue weighted by Crippen LogP contribution is 2.33. The molecule has 0 unspecified atom stereocenters. The van der Waals surface area contributed by atoms with Crippen molar-refractivity contribution < 1.29 is 4.74 Å². The van der Waals surface area contributed by atoms with Crippen LogP contribution in [0.3, 0.4) is 0 Å². The molecule has 21 heavy (non-hydrogen) atoms. The van der Waals surface area contributed by atoms with Gasteiger partial charge in [0.15, 0.2) is 0 Å². The average Bonchev–Trinajstić information content (AvgIpc) is 2.45. The first-order valence-corrected chi connectivity index (χ1v) is 6.79. The predicted molar refractivity (Wildman–Crippen MR) is 89.9 cm³/mol. The van der Waals surface area contributed by atoms with Crippen molar-refractivity contribution in [3.63, 3.8) is 0 Å². The van der Waals surface area contributed by atoms with Gasteiger partial charge in [-0.1, -0.05) is 11.6 Å². The highest BCUT2D eigenvalue weighted by atomic mass is 35.5. The molecule has 1 atom stereocenters. The van der Waals surface area contributed by atoms with E-state index in [0.717, 1.165) is 37.5 Å². The number of halogens is 3. The van der Waals surface area contributed by atoms with Crippen molar-refractivity contribution in [3.8, 4) is 11.8 Å². The molecule has 0 bridgehead atoms. The van der Waals surface area contributed by atoms with Crippen LogP contribution in [-0.2, 0) is 0 Å². The molecule has 0 aliphatic carbocycles. The fourth-order valence-electron chi connectivity index (χ4n) is 2.48. The summed E-state index contributed by atoms with van der Waals surface area (Å²) < 4.78 is 5.41. The lowest BCUT2D eigenvalue weighted by atomic mass is 10.0. The Morgan fingerprint density at radius 2 is 2.05 bits per heavy atom. The predicted octanol–water partition coefficient (Wildman–Crippen LogP) is 3.05. The van der Waals surface area contributed by atoms with Gasteiger partial charge in [-0.15, -0.1) is 24.8 Å². The first-order chi connectivity index (χ1) is 9.26. The third kappa shape index (κ3) is 5.21. The minimum atomic E-state index is 0. The lowest BCUT2D eigenvalue weighted by Gasteiger charge is -2.34. The van der Waals surface area contributed by atoms with E-state index < -0.39 is 0 Å². The Balaban J connectivity index is 0.00000200. The Bertz CT molecular complexity index is 473. The molecule has 1 aromatic rings. The van der Waals surface area contributed by atoms with Crippen molar-refractivity contribution in [3.05, 3.63) is 28.8 Å². The molecule has 0 saturated carbocycles. The Morgan fingerprint density at radius 1 is 1.38 bits per heavy atom. The molecule has 2 rings (SSSR count). The summed E-state index contributed by atoms with van der Waals surface area (Å²) in [5, 5.41) is 13.1. The third-order valence-corrected chi connectivity index (χ3v) is 3.66. The van der Waals surface area contributed by atoms with Crippen LogP contribution in [0, 0.1) is 11.3 Å². The van der Waals surface area contributed by atoms with Gasteiger partial charge in [-0.2, -0.15) is 5.26 Å². The maximum atomic E-state index is 9.10. The number of nitrogens with one attached hydrogen (secondary N) is 1. The second-order valence-corrected chi connectivity index (χ2v) is 4.99. The molecule has 4 nitrogen and oxygen atoms in total. The Labute approximate surface area is 143 Å². The van der Waals surface area contributed by atoms with E-state index in [1.807, 2.05) is 18.2 Å². The number of hydrogen-bond acceptors (Lipinski definition) is 4. The molecule has 1 N–H and O–H groups in total. The lowest BCUT2D eigenvalue weighted by molar-refractivity contribution is 0.173. The van der Waals surface area contributed by atoms with Crippen LogP contribution in [-0.4, -0.2) is 38.2 Å². The molecular formula is C14H20Cl3N3O. The topological polar surface area (TPSA) is 48.3 Å². The largest absolute Gasteiger partial charge is 0.496 e. The Hall–Kier alpha value is -0.700. The number of methoxy groups -OCH3 is 1. The fraction of sp³-hybridized carbons (Fsp3) is 0.500. The number of nitrogens with zero attached hydrogens (tertiary/aromatic N) is 2. The second kappa shape index (κ2) is 10.1. The van der Waals surface area contributed by atoms with Gasteiger partial charge in [0.25, 0.3) is 0 Å². The molecule has 1 aliphatic heterocycles. The summed E-state index contributed by atoms with van der Waals surface area (Å²) in [7, 11) is 1.65. The summed E-state index contributed by atoms with van der Waals surface area (Å²) in [6.45, 7) is 3.76. The minimum Gasteiger partial charge on any atom is -0.496 e. The average molecular weight is 353 g/mol. The van der Waals surface area contributed by atoms with Gasteiger partial charge in [-0.05, 0) is 18.2 Å². The van der Waals surface area contributed by atoms with Crippen LogP contribution in [0.5, 0.6) is 5.75 Å². The smallest absolute Gasteiger partial charge is 0.123 e. The number of piperazine rings is 1. The fourth-order valence-corrected chi connectivity index (χ4v) is 2.66.